The van der Waals surface area contributed by atoms with Crippen molar-refractivity contribution in [3.63, 3.8) is 0 Å². The molecule has 7 heteroatoms. The van der Waals surface area contributed by atoms with E-state index in [0.717, 1.165) is 23.0 Å². The van der Waals surface area contributed by atoms with Crippen LogP contribution >= 0.6 is 0 Å². The Morgan fingerprint density at radius 1 is 0.914 bits per heavy atom. The molecular weight excluding hydrogens is 440 g/mol. The van der Waals surface area contributed by atoms with Crippen LogP contribution in [-0.4, -0.2) is 32.9 Å². The van der Waals surface area contributed by atoms with Gasteiger partial charge in [-0.05, 0) is 55.3 Å². The number of para-hydroxylation sites is 2. The van der Waals surface area contributed by atoms with Crippen LogP contribution in [0.15, 0.2) is 83.7 Å². The molecule has 0 aliphatic heterocycles. The highest BCUT2D eigenvalue weighted by Gasteiger charge is 2.21. The summed E-state index contributed by atoms with van der Waals surface area (Å²) in [6.45, 7) is 4.52. The number of imidazole rings is 1. The minimum Gasteiger partial charge on any atom is -0.337 e. The van der Waals surface area contributed by atoms with Gasteiger partial charge in [0.1, 0.15) is 6.54 Å². The third-order valence-corrected chi connectivity index (χ3v) is 6.30. The summed E-state index contributed by atoms with van der Waals surface area (Å²) in [5.41, 5.74) is 3.53. The third kappa shape index (κ3) is 5.04. The number of aromatic nitrogens is 2. The van der Waals surface area contributed by atoms with Crippen molar-refractivity contribution in [3.8, 4) is 0 Å². The lowest BCUT2D eigenvalue weighted by atomic mass is 10.1. The quantitative estimate of drug-likeness (QED) is 0.406. The summed E-state index contributed by atoms with van der Waals surface area (Å²) < 4.78 is 3.28. The lowest BCUT2D eigenvalue weighted by molar-refractivity contribution is -0.132. The first kappa shape index (κ1) is 24.0. The molecule has 2 amide bonds. The Morgan fingerprint density at radius 3 is 2.26 bits per heavy atom. The minimum atomic E-state index is -0.254. The van der Waals surface area contributed by atoms with Crippen LogP contribution in [0, 0.1) is 0 Å². The zero-order chi connectivity index (χ0) is 24.9. The summed E-state index contributed by atoms with van der Waals surface area (Å²) >= 11 is 0. The second kappa shape index (κ2) is 10.4. The predicted molar refractivity (Wildman–Crippen MR) is 139 cm³/mol. The maximum absolute atomic E-state index is 13.2. The van der Waals surface area contributed by atoms with Gasteiger partial charge < -0.3 is 10.2 Å². The largest absolute Gasteiger partial charge is 0.337 e. The van der Waals surface area contributed by atoms with Crippen LogP contribution in [0.3, 0.4) is 0 Å². The zero-order valence-corrected chi connectivity index (χ0v) is 20.3. The number of benzene rings is 3. The van der Waals surface area contributed by atoms with Crippen molar-refractivity contribution in [1.29, 1.82) is 0 Å². The summed E-state index contributed by atoms with van der Waals surface area (Å²) in [5, 5.41) is 2.91. The van der Waals surface area contributed by atoms with E-state index in [1.54, 1.807) is 33.2 Å². The number of hydrogen-bond acceptors (Lipinski definition) is 3. The van der Waals surface area contributed by atoms with Gasteiger partial charge in [-0.3, -0.25) is 18.7 Å². The SMILES string of the molecule is CCCn1c(=O)n(CC(=O)N(C)C(C)c2cccc(NC(=O)c3ccccc3)c2)c2ccccc21. The number of hydrogen-bond donors (Lipinski definition) is 1. The van der Waals surface area contributed by atoms with Gasteiger partial charge in [-0.1, -0.05) is 49.4 Å². The van der Waals surface area contributed by atoms with E-state index in [4.69, 9.17) is 0 Å². The van der Waals surface area contributed by atoms with Gasteiger partial charge in [-0.15, -0.1) is 0 Å². The number of carbonyl (C=O) groups excluding carboxylic acids is 2. The van der Waals surface area contributed by atoms with E-state index in [1.165, 1.54) is 0 Å². The van der Waals surface area contributed by atoms with Gasteiger partial charge in [0.05, 0.1) is 17.1 Å². The van der Waals surface area contributed by atoms with Gasteiger partial charge in [0.15, 0.2) is 0 Å². The summed E-state index contributed by atoms with van der Waals surface area (Å²) in [5.74, 6) is -0.361. The molecule has 0 saturated heterocycles. The Labute approximate surface area is 204 Å². The molecule has 1 N–H and O–H groups in total. The molecular formula is C28H30N4O3. The average molecular weight is 471 g/mol. The van der Waals surface area contributed by atoms with E-state index in [-0.39, 0.29) is 30.1 Å². The molecule has 0 aliphatic carbocycles. The zero-order valence-electron chi connectivity index (χ0n) is 20.3. The normalized spacial score (nSPS) is 11.9. The molecule has 4 rings (SSSR count). The van der Waals surface area contributed by atoms with Crippen molar-refractivity contribution in [3.05, 3.63) is 100 Å². The van der Waals surface area contributed by atoms with Crippen LogP contribution in [-0.2, 0) is 17.9 Å². The monoisotopic (exact) mass is 470 g/mol. The Hall–Kier alpha value is -4.13. The first-order valence-corrected chi connectivity index (χ1v) is 11.8. The molecule has 1 atom stereocenters. The molecule has 1 aromatic heterocycles. The van der Waals surface area contributed by atoms with Crippen LogP contribution in [0.5, 0.6) is 0 Å². The van der Waals surface area contributed by atoms with Crippen LogP contribution in [0.2, 0.25) is 0 Å². The molecule has 0 fully saturated rings. The van der Waals surface area contributed by atoms with Crippen molar-refractivity contribution < 1.29 is 9.59 Å². The molecule has 1 unspecified atom stereocenters. The second-order valence-corrected chi connectivity index (χ2v) is 8.64. The standard InChI is InChI=1S/C28H30N4O3/c1-4-17-31-24-15-8-9-16-25(24)32(28(31)35)19-26(33)30(3)20(2)22-13-10-14-23(18-22)29-27(34)21-11-6-5-7-12-21/h5-16,18,20H,4,17,19H2,1-3H3,(H,29,34). The topological polar surface area (TPSA) is 76.3 Å². The van der Waals surface area contributed by atoms with E-state index in [2.05, 4.69) is 5.32 Å². The van der Waals surface area contributed by atoms with Gasteiger partial charge in [-0.25, -0.2) is 4.79 Å². The van der Waals surface area contributed by atoms with Crippen LogP contribution in [0.25, 0.3) is 11.0 Å². The molecule has 7 nitrogen and oxygen atoms in total. The second-order valence-electron chi connectivity index (χ2n) is 8.64. The summed E-state index contributed by atoms with van der Waals surface area (Å²) in [7, 11) is 1.73. The maximum Gasteiger partial charge on any atom is 0.329 e. The Kier molecular flexibility index (Phi) is 7.15. The highest BCUT2D eigenvalue weighted by atomic mass is 16.2. The molecule has 0 saturated carbocycles. The van der Waals surface area contributed by atoms with Crippen molar-refractivity contribution in [2.75, 3.05) is 12.4 Å². The fraction of sp³-hybridized carbons (Fsp3) is 0.250. The number of aryl methyl sites for hydroxylation is 1. The molecule has 1 heterocycles. The first-order chi connectivity index (χ1) is 16.9. The number of nitrogens with one attached hydrogen (secondary N) is 1. The lowest BCUT2D eigenvalue weighted by Crippen LogP contribution is -2.36. The number of carbonyl (C=O) groups is 2. The molecule has 4 aromatic rings. The molecule has 35 heavy (non-hydrogen) atoms. The molecule has 0 spiro atoms. The molecule has 0 bridgehead atoms. The number of likely N-dealkylation sites (N-methyl/N-ethyl adjacent to an activating group) is 1. The van der Waals surface area contributed by atoms with E-state index in [9.17, 15) is 14.4 Å². The smallest absolute Gasteiger partial charge is 0.329 e. The van der Waals surface area contributed by atoms with Crippen LogP contribution < -0.4 is 11.0 Å². The van der Waals surface area contributed by atoms with E-state index in [0.29, 0.717) is 17.8 Å². The van der Waals surface area contributed by atoms with Crippen molar-refractivity contribution in [1.82, 2.24) is 14.0 Å². The number of anilines is 1. The van der Waals surface area contributed by atoms with Crippen molar-refractivity contribution in [2.45, 2.75) is 39.4 Å². The molecule has 3 aromatic carbocycles. The fourth-order valence-corrected chi connectivity index (χ4v) is 4.22. The number of nitrogens with zero attached hydrogens (tertiary/aromatic N) is 3. The molecule has 0 radical (unpaired) electrons. The van der Waals surface area contributed by atoms with Gasteiger partial charge in [0.25, 0.3) is 5.91 Å². The number of rotatable bonds is 8. The van der Waals surface area contributed by atoms with Crippen LogP contribution in [0.4, 0.5) is 5.69 Å². The summed E-state index contributed by atoms with van der Waals surface area (Å²) in [6.07, 6.45) is 0.829. The summed E-state index contributed by atoms with van der Waals surface area (Å²) in [6, 6.07) is 23.8. The maximum atomic E-state index is 13.2. The highest BCUT2D eigenvalue weighted by molar-refractivity contribution is 6.04. The predicted octanol–water partition coefficient (Wildman–Crippen LogP) is 4.68. The van der Waals surface area contributed by atoms with Gasteiger partial charge in [0, 0.05) is 24.8 Å². The Bertz CT molecular complexity index is 1400. The Morgan fingerprint density at radius 2 is 1.57 bits per heavy atom. The van der Waals surface area contributed by atoms with Crippen LogP contribution in [0.1, 0.15) is 42.2 Å². The minimum absolute atomic E-state index is 0.0403. The van der Waals surface area contributed by atoms with E-state index in [1.807, 2.05) is 80.6 Å². The fourth-order valence-electron chi connectivity index (χ4n) is 4.22. The van der Waals surface area contributed by atoms with Crippen molar-refractivity contribution in [2.24, 2.45) is 0 Å². The van der Waals surface area contributed by atoms with E-state index >= 15 is 0 Å². The highest BCUT2D eigenvalue weighted by Crippen LogP contribution is 2.23. The molecule has 0 aliphatic rings. The Balaban J connectivity index is 1.52. The first-order valence-electron chi connectivity index (χ1n) is 11.8. The van der Waals surface area contributed by atoms with Gasteiger partial charge in [-0.2, -0.15) is 0 Å². The third-order valence-electron chi connectivity index (χ3n) is 6.30. The average Bonchev–Trinajstić information content (AvgIpc) is 3.14. The van der Waals surface area contributed by atoms with Gasteiger partial charge in [0.2, 0.25) is 5.91 Å². The number of amides is 2. The lowest BCUT2D eigenvalue weighted by Gasteiger charge is -2.26. The number of fused-ring (bicyclic) bond motifs is 1. The van der Waals surface area contributed by atoms with E-state index < -0.39 is 0 Å². The summed E-state index contributed by atoms with van der Waals surface area (Å²) in [4.78, 5) is 40.4. The molecule has 180 valence electrons. The van der Waals surface area contributed by atoms with Gasteiger partial charge >= 0.3 is 5.69 Å². The van der Waals surface area contributed by atoms with Crippen molar-refractivity contribution >= 4 is 28.5 Å².